The molecule has 0 bridgehead atoms. The van der Waals surface area contributed by atoms with E-state index in [0.29, 0.717) is 26.0 Å². The maximum atomic E-state index is 12.3. The van der Waals surface area contributed by atoms with Crippen LogP contribution in [-0.2, 0) is 4.79 Å². The van der Waals surface area contributed by atoms with Gasteiger partial charge in [-0.3, -0.25) is 9.36 Å². The molecule has 1 heterocycles. The number of halogens is 3. The van der Waals surface area contributed by atoms with Crippen LogP contribution in [0.4, 0.5) is 0 Å². The van der Waals surface area contributed by atoms with Crippen molar-refractivity contribution in [3.63, 3.8) is 0 Å². The van der Waals surface area contributed by atoms with Gasteiger partial charge in [-0.25, -0.2) is 5.43 Å². The molecule has 166 valence electrons. The third-order valence-electron chi connectivity index (χ3n) is 4.43. The summed E-state index contributed by atoms with van der Waals surface area (Å²) < 4.78 is 1.87. The molecule has 0 saturated carbocycles. The first-order chi connectivity index (χ1) is 16.0. The monoisotopic (exact) mass is 515 g/mol. The number of amides is 1. The topological polar surface area (TPSA) is 72.2 Å². The summed E-state index contributed by atoms with van der Waals surface area (Å²) in [5.41, 5.74) is 4.99. The molecule has 3 aromatic carbocycles. The predicted octanol–water partition coefficient (Wildman–Crippen LogP) is 6.14. The molecule has 0 fully saturated rings. The number of hydrogen-bond donors (Lipinski definition) is 1. The molecule has 0 aliphatic rings. The van der Waals surface area contributed by atoms with Gasteiger partial charge in [0.2, 0.25) is 0 Å². The SMILES string of the molecule is O=C(CSc1nnc(-c2ccc(Cl)cc2)n1-c1ccc(Cl)cc1)NN=Cc1ccc(Cl)cc1. The number of aromatic nitrogens is 3. The first-order valence-electron chi connectivity index (χ1n) is 9.67. The number of hydrazone groups is 1. The number of hydrogen-bond acceptors (Lipinski definition) is 5. The Labute approximate surface area is 209 Å². The van der Waals surface area contributed by atoms with Crippen LogP contribution in [0.3, 0.4) is 0 Å². The fourth-order valence-electron chi connectivity index (χ4n) is 2.86. The molecule has 10 heteroatoms. The normalized spacial score (nSPS) is 11.1. The van der Waals surface area contributed by atoms with E-state index in [-0.39, 0.29) is 11.7 Å². The second-order valence-corrected chi connectivity index (χ2v) is 9.01. The number of nitrogens with one attached hydrogen (secondary N) is 1. The third-order valence-corrected chi connectivity index (χ3v) is 6.11. The highest BCUT2D eigenvalue weighted by atomic mass is 35.5. The Morgan fingerprint density at radius 2 is 1.45 bits per heavy atom. The van der Waals surface area contributed by atoms with Gasteiger partial charge in [0, 0.05) is 26.3 Å². The van der Waals surface area contributed by atoms with Gasteiger partial charge in [0.05, 0.1) is 12.0 Å². The molecule has 4 aromatic rings. The predicted molar refractivity (Wildman–Crippen MR) is 135 cm³/mol. The summed E-state index contributed by atoms with van der Waals surface area (Å²) >= 11 is 19.2. The first kappa shape index (κ1) is 23.3. The van der Waals surface area contributed by atoms with Gasteiger partial charge in [0.25, 0.3) is 5.91 Å². The van der Waals surface area contributed by atoms with E-state index >= 15 is 0 Å². The minimum absolute atomic E-state index is 0.101. The lowest BCUT2D eigenvalue weighted by atomic mass is 10.2. The van der Waals surface area contributed by atoms with Crippen molar-refractivity contribution in [3.8, 4) is 17.1 Å². The van der Waals surface area contributed by atoms with E-state index in [1.165, 1.54) is 11.8 Å². The smallest absolute Gasteiger partial charge is 0.250 e. The molecule has 0 aliphatic heterocycles. The van der Waals surface area contributed by atoms with E-state index in [2.05, 4.69) is 20.7 Å². The van der Waals surface area contributed by atoms with Crippen LogP contribution in [-0.4, -0.2) is 32.6 Å². The van der Waals surface area contributed by atoms with Crippen LogP contribution in [0.25, 0.3) is 17.1 Å². The number of nitrogens with zero attached hydrogens (tertiary/aromatic N) is 4. The lowest BCUT2D eigenvalue weighted by molar-refractivity contribution is -0.118. The van der Waals surface area contributed by atoms with Gasteiger partial charge < -0.3 is 0 Å². The zero-order valence-corrected chi connectivity index (χ0v) is 20.0. The molecule has 0 spiro atoms. The fraction of sp³-hybridized carbons (Fsp3) is 0.0435. The molecular formula is C23H16Cl3N5OS. The Bertz CT molecular complexity index is 1270. The Balaban J connectivity index is 1.51. The van der Waals surface area contributed by atoms with Gasteiger partial charge in [-0.2, -0.15) is 5.10 Å². The number of carbonyl (C=O) groups is 1. The maximum absolute atomic E-state index is 12.3. The van der Waals surface area contributed by atoms with Crippen molar-refractivity contribution in [2.24, 2.45) is 5.10 Å². The number of thioether (sulfide) groups is 1. The fourth-order valence-corrected chi connectivity index (χ4v) is 3.98. The van der Waals surface area contributed by atoms with Crippen LogP contribution in [0.2, 0.25) is 15.1 Å². The summed E-state index contributed by atoms with van der Waals surface area (Å²) in [5.74, 6) is 0.450. The standard InChI is InChI=1S/C23H16Cl3N5OS/c24-17-5-1-15(2-6-17)13-27-28-21(32)14-33-23-30-29-22(16-3-7-18(25)8-4-16)31(23)20-11-9-19(26)10-12-20/h1-13H,14H2,(H,28,32). The Morgan fingerprint density at radius 3 is 2.09 bits per heavy atom. The first-order valence-corrected chi connectivity index (χ1v) is 11.8. The van der Waals surface area contributed by atoms with Gasteiger partial charge in [-0.15, -0.1) is 10.2 Å². The molecule has 0 radical (unpaired) electrons. The van der Waals surface area contributed by atoms with Crippen molar-refractivity contribution < 1.29 is 4.79 Å². The Hall–Kier alpha value is -2.84. The van der Waals surface area contributed by atoms with Crippen LogP contribution in [0.5, 0.6) is 0 Å². The highest BCUT2D eigenvalue weighted by Crippen LogP contribution is 2.29. The van der Waals surface area contributed by atoms with Gasteiger partial charge >= 0.3 is 0 Å². The number of carbonyl (C=O) groups excluding carboxylic acids is 1. The van der Waals surface area contributed by atoms with Gasteiger partial charge in [0.15, 0.2) is 11.0 Å². The average Bonchev–Trinajstić information content (AvgIpc) is 3.24. The lowest BCUT2D eigenvalue weighted by Gasteiger charge is -2.10. The summed E-state index contributed by atoms with van der Waals surface area (Å²) in [6.07, 6.45) is 1.55. The highest BCUT2D eigenvalue weighted by molar-refractivity contribution is 7.99. The molecule has 33 heavy (non-hydrogen) atoms. The maximum Gasteiger partial charge on any atom is 0.250 e. The van der Waals surface area contributed by atoms with Crippen molar-refractivity contribution in [3.05, 3.63) is 93.4 Å². The molecule has 6 nitrogen and oxygen atoms in total. The van der Waals surface area contributed by atoms with Crippen molar-refractivity contribution >= 4 is 58.7 Å². The van der Waals surface area contributed by atoms with Crippen LogP contribution < -0.4 is 5.43 Å². The second kappa shape index (κ2) is 10.9. The second-order valence-electron chi connectivity index (χ2n) is 6.76. The molecule has 1 aromatic heterocycles. The van der Waals surface area contributed by atoms with E-state index in [1.807, 2.05) is 28.8 Å². The van der Waals surface area contributed by atoms with E-state index in [4.69, 9.17) is 34.8 Å². The summed E-state index contributed by atoms with van der Waals surface area (Å²) in [5, 5.41) is 15.1. The molecule has 4 rings (SSSR count). The van der Waals surface area contributed by atoms with E-state index in [9.17, 15) is 4.79 Å². The van der Waals surface area contributed by atoms with E-state index in [1.54, 1.807) is 54.7 Å². The van der Waals surface area contributed by atoms with E-state index in [0.717, 1.165) is 16.8 Å². The van der Waals surface area contributed by atoms with Crippen LogP contribution >= 0.6 is 46.6 Å². The zero-order valence-electron chi connectivity index (χ0n) is 17.0. The van der Waals surface area contributed by atoms with E-state index < -0.39 is 0 Å². The Kier molecular flexibility index (Phi) is 7.67. The molecular weight excluding hydrogens is 501 g/mol. The van der Waals surface area contributed by atoms with Crippen molar-refractivity contribution in [1.82, 2.24) is 20.2 Å². The molecule has 1 amide bonds. The van der Waals surface area contributed by atoms with Crippen molar-refractivity contribution in [2.75, 3.05) is 5.75 Å². The van der Waals surface area contributed by atoms with Crippen LogP contribution in [0, 0.1) is 0 Å². The molecule has 1 N–H and O–H groups in total. The number of rotatable bonds is 7. The van der Waals surface area contributed by atoms with Gasteiger partial charge in [0.1, 0.15) is 0 Å². The minimum Gasteiger partial charge on any atom is -0.272 e. The quantitative estimate of drug-likeness (QED) is 0.182. The highest BCUT2D eigenvalue weighted by Gasteiger charge is 2.17. The molecule has 0 saturated heterocycles. The van der Waals surface area contributed by atoms with Crippen LogP contribution in [0.15, 0.2) is 83.1 Å². The lowest BCUT2D eigenvalue weighted by Crippen LogP contribution is -2.20. The summed E-state index contributed by atoms with van der Waals surface area (Å²) in [6.45, 7) is 0. The molecule has 0 atom stereocenters. The number of benzene rings is 3. The largest absolute Gasteiger partial charge is 0.272 e. The van der Waals surface area contributed by atoms with Gasteiger partial charge in [-0.1, -0.05) is 58.7 Å². The van der Waals surface area contributed by atoms with Crippen molar-refractivity contribution in [2.45, 2.75) is 5.16 Å². The van der Waals surface area contributed by atoms with Gasteiger partial charge in [-0.05, 0) is 66.2 Å². The third kappa shape index (κ3) is 6.15. The average molecular weight is 517 g/mol. The summed E-state index contributed by atoms with van der Waals surface area (Å²) in [7, 11) is 0. The zero-order chi connectivity index (χ0) is 23.2. The molecule has 0 unspecified atom stereocenters. The minimum atomic E-state index is -0.274. The molecule has 0 aliphatic carbocycles. The summed E-state index contributed by atoms with van der Waals surface area (Å²) in [4.78, 5) is 12.3. The van der Waals surface area contributed by atoms with Crippen molar-refractivity contribution in [1.29, 1.82) is 0 Å². The Morgan fingerprint density at radius 1 is 0.879 bits per heavy atom. The summed E-state index contributed by atoms with van der Waals surface area (Å²) in [6, 6.07) is 21.7. The van der Waals surface area contributed by atoms with Crippen LogP contribution in [0.1, 0.15) is 5.56 Å².